The summed E-state index contributed by atoms with van der Waals surface area (Å²) in [7, 11) is 1.10. The lowest BCUT2D eigenvalue weighted by Crippen LogP contribution is -2.28. The molecule has 78 valence electrons. The Bertz CT molecular complexity index is 160. The highest BCUT2D eigenvalue weighted by atomic mass is 31.1. The molecule has 0 aromatic heterocycles. The standard InChI is InChI=1S/C10H23N2P/c1-8(2)12(9(3)4)13-11-10(5,6)7/h8-9H,1-7H3. The van der Waals surface area contributed by atoms with Gasteiger partial charge in [0.15, 0.2) is 0 Å². The SMILES string of the molecule is CC(C)N(P=NC(C)(C)C)C(C)C. The van der Waals surface area contributed by atoms with Crippen molar-refractivity contribution in [2.45, 2.75) is 66.1 Å². The van der Waals surface area contributed by atoms with Gasteiger partial charge < -0.3 is 0 Å². The van der Waals surface area contributed by atoms with E-state index in [4.69, 9.17) is 0 Å². The van der Waals surface area contributed by atoms with Crippen LogP contribution in [0.15, 0.2) is 4.74 Å². The topological polar surface area (TPSA) is 15.6 Å². The molecule has 0 aliphatic heterocycles. The third-order valence-corrected chi connectivity index (χ3v) is 3.33. The summed E-state index contributed by atoms with van der Waals surface area (Å²) in [6.07, 6.45) is 0. The quantitative estimate of drug-likeness (QED) is 0.633. The zero-order valence-corrected chi connectivity index (χ0v) is 10.9. The van der Waals surface area contributed by atoms with E-state index in [1.165, 1.54) is 0 Å². The van der Waals surface area contributed by atoms with Gasteiger partial charge in [-0.15, -0.1) is 0 Å². The van der Waals surface area contributed by atoms with Crippen molar-refractivity contribution in [1.29, 1.82) is 0 Å². The Labute approximate surface area is 84.7 Å². The fourth-order valence-corrected chi connectivity index (χ4v) is 1.77. The third-order valence-electron chi connectivity index (χ3n) is 1.51. The number of hydrogen-bond donors (Lipinski definition) is 0. The number of rotatable bonds is 3. The summed E-state index contributed by atoms with van der Waals surface area (Å²) in [5.41, 5.74) is 0.0730. The molecule has 0 atom stereocenters. The molecule has 0 saturated carbocycles. The van der Waals surface area contributed by atoms with Crippen LogP contribution in [0.3, 0.4) is 0 Å². The van der Waals surface area contributed by atoms with Crippen LogP contribution in [-0.2, 0) is 0 Å². The van der Waals surface area contributed by atoms with Gasteiger partial charge in [0.2, 0.25) is 0 Å². The van der Waals surface area contributed by atoms with Crippen LogP contribution < -0.4 is 0 Å². The van der Waals surface area contributed by atoms with Crippen LogP contribution in [0.2, 0.25) is 0 Å². The van der Waals surface area contributed by atoms with Crippen LogP contribution in [0, 0.1) is 0 Å². The first-order chi connectivity index (χ1) is 5.74. The maximum absolute atomic E-state index is 4.60. The Kier molecular flexibility index (Phi) is 5.09. The molecular formula is C10H23N2P. The Balaban J connectivity index is 4.35. The van der Waals surface area contributed by atoms with Crippen molar-refractivity contribution in [2.75, 3.05) is 0 Å². The summed E-state index contributed by atoms with van der Waals surface area (Å²) < 4.78 is 6.96. The first-order valence-corrected chi connectivity index (χ1v) is 5.75. The van der Waals surface area contributed by atoms with Crippen molar-refractivity contribution in [3.05, 3.63) is 0 Å². The maximum Gasteiger partial charge on any atom is 0.0944 e. The minimum atomic E-state index is 0.0730. The highest BCUT2D eigenvalue weighted by Crippen LogP contribution is 2.22. The van der Waals surface area contributed by atoms with Gasteiger partial charge in [-0.05, 0) is 48.5 Å². The van der Waals surface area contributed by atoms with Gasteiger partial charge in [0.25, 0.3) is 0 Å². The summed E-state index contributed by atoms with van der Waals surface area (Å²) in [5, 5.41) is 0. The summed E-state index contributed by atoms with van der Waals surface area (Å²) >= 11 is 0. The molecule has 0 amide bonds. The van der Waals surface area contributed by atoms with Crippen molar-refractivity contribution in [2.24, 2.45) is 4.74 Å². The molecule has 0 unspecified atom stereocenters. The van der Waals surface area contributed by atoms with Crippen LogP contribution in [-0.4, -0.2) is 22.3 Å². The highest BCUT2D eigenvalue weighted by Gasteiger charge is 2.13. The fraction of sp³-hybridized carbons (Fsp3) is 1.00. The van der Waals surface area contributed by atoms with Crippen LogP contribution in [0.4, 0.5) is 0 Å². The van der Waals surface area contributed by atoms with Gasteiger partial charge in [-0.25, -0.2) is 9.42 Å². The monoisotopic (exact) mass is 202 g/mol. The van der Waals surface area contributed by atoms with E-state index in [0.29, 0.717) is 12.1 Å². The van der Waals surface area contributed by atoms with E-state index in [-0.39, 0.29) is 5.54 Å². The smallest absolute Gasteiger partial charge is 0.0944 e. The Morgan fingerprint density at radius 3 is 1.62 bits per heavy atom. The molecule has 0 spiro atoms. The molecule has 3 heteroatoms. The number of nitrogens with zero attached hydrogens (tertiary/aromatic N) is 2. The van der Waals surface area contributed by atoms with Gasteiger partial charge >= 0.3 is 0 Å². The van der Waals surface area contributed by atoms with Gasteiger partial charge in [-0.1, -0.05) is 0 Å². The van der Waals surface area contributed by atoms with Gasteiger partial charge in [-0.2, -0.15) is 0 Å². The van der Waals surface area contributed by atoms with Gasteiger partial charge in [0, 0.05) is 12.1 Å². The van der Waals surface area contributed by atoms with E-state index in [2.05, 4.69) is 57.9 Å². The molecule has 13 heavy (non-hydrogen) atoms. The maximum atomic E-state index is 4.60. The van der Waals surface area contributed by atoms with E-state index in [9.17, 15) is 0 Å². The lowest BCUT2D eigenvalue weighted by Gasteiger charge is -2.25. The first kappa shape index (κ1) is 13.1. The van der Waals surface area contributed by atoms with Gasteiger partial charge in [0.05, 0.1) is 14.1 Å². The Hall–Kier alpha value is 0.0600. The second-order valence-electron chi connectivity index (χ2n) is 4.93. The molecule has 0 rings (SSSR count). The summed E-state index contributed by atoms with van der Waals surface area (Å²) in [6, 6.07) is 1.13. The average Bonchev–Trinajstić information content (AvgIpc) is 1.82. The zero-order chi connectivity index (χ0) is 10.6. The van der Waals surface area contributed by atoms with E-state index < -0.39 is 0 Å². The molecule has 0 heterocycles. The lowest BCUT2D eigenvalue weighted by atomic mass is 10.1. The average molecular weight is 202 g/mol. The normalized spacial score (nSPS) is 14.0. The number of hydrogen-bond acceptors (Lipinski definition) is 1. The molecule has 0 aromatic carbocycles. The van der Waals surface area contributed by atoms with Crippen LogP contribution in [0.5, 0.6) is 0 Å². The van der Waals surface area contributed by atoms with E-state index in [1.54, 1.807) is 0 Å². The van der Waals surface area contributed by atoms with Gasteiger partial charge in [0.1, 0.15) is 0 Å². The molecule has 0 radical (unpaired) electrons. The fourth-order valence-electron chi connectivity index (χ4n) is 0.989. The first-order valence-electron chi connectivity index (χ1n) is 4.95. The van der Waals surface area contributed by atoms with Gasteiger partial charge in [-0.3, -0.25) is 0 Å². The molecule has 0 fully saturated rings. The molecule has 0 bridgehead atoms. The predicted molar refractivity (Wildman–Crippen MR) is 61.2 cm³/mol. The van der Waals surface area contributed by atoms with Crippen molar-refractivity contribution in [3.63, 3.8) is 0 Å². The molecule has 0 aliphatic rings. The zero-order valence-electron chi connectivity index (χ0n) is 10.00. The molecule has 2 nitrogen and oxygen atoms in total. The summed E-state index contributed by atoms with van der Waals surface area (Å²) in [6.45, 7) is 15.3. The second kappa shape index (κ2) is 5.07. The molecule has 0 aliphatic carbocycles. The molecular weight excluding hydrogens is 179 g/mol. The minimum absolute atomic E-state index is 0.0730. The second-order valence-corrected chi connectivity index (χ2v) is 5.77. The molecule has 0 aromatic rings. The van der Waals surface area contributed by atoms with E-state index in [0.717, 1.165) is 8.52 Å². The molecule has 0 N–H and O–H groups in total. The van der Waals surface area contributed by atoms with E-state index in [1.807, 2.05) is 0 Å². The van der Waals surface area contributed by atoms with Crippen molar-refractivity contribution < 1.29 is 0 Å². The van der Waals surface area contributed by atoms with E-state index >= 15 is 0 Å². The van der Waals surface area contributed by atoms with Crippen molar-refractivity contribution in [3.8, 4) is 0 Å². The largest absolute Gasteiger partial charge is 0.247 e. The molecule has 0 saturated heterocycles. The summed E-state index contributed by atoms with van der Waals surface area (Å²) in [4.78, 5) is 0. The predicted octanol–water partition coefficient (Wildman–Crippen LogP) is 3.95. The Morgan fingerprint density at radius 2 is 1.38 bits per heavy atom. The Morgan fingerprint density at radius 1 is 1.00 bits per heavy atom. The van der Waals surface area contributed by atoms with Crippen molar-refractivity contribution >= 4 is 8.52 Å². The van der Waals surface area contributed by atoms with Crippen LogP contribution in [0.1, 0.15) is 48.5 Å². The van der Waals surface area contributed by atoms with Crippen molar-refractivity contribution in [1.82, 2.24) is 4.67 Å². The highest BCUT2D eigenvalue weighted by molar-refractivity contribution is 7.23. The van der Waals surface area contributed by atoms with Crippen LogP contribution >= 0.6 is 8.52 Å². The van der Waals surface area contributed by atoms with Crippen LogP contribution in [0.25, 0.3) is 0 Å². The minimum Gasteiger partial charge on any atom is -0.247 e. The lowest BCUT2D eigenvalue weighted by molar-refractivity contribution is 0.329. The summed E-state index contributed by atoms with van der Waals surface area (Å²) in [5.74, 6) is 0. The third kappa shape index (κ3) is 6.17.